The molecule has 2 fully saturated rings. The fourth-order valence-corrected chi connectivity index (χ4v) is 6.71. The lowest BCUT2D eigenvalue weighted by Gasteiger charge is -2.30. The van der Waals surface area contributed by atoms with E-state index in [0.717, 1.165) is 68.2 Å². The number of aliphatic hydroxyl groups excluding tert-OH is 1. The lowest BCUT2D eigenvalue weighted by molar-refractivity contribution is -0.130. The monoisotopic (exact) mass is 574 g/mol. The van der Waals surface area contributed by atoms with E-state index in [4.69, 9.17) is 9.15 Å². The number of hydrogen-bond acceptors (Lipinski definition) is 9. The minimum Gasteiger partial charge on any atom is -0.486 e. The van der Waals surface area contributed by atoms with Crippen LogP contribution in [-0.4, -0.2) is 80.0 Å². The minimum absolute atomic E-state index is 0.141. The van der Waals surface area contributed by atoms with Gasteiger partial charge in [-0.2, -0.15) is 0 Å². The standard InChI is InChI=1S/C31H38N6O5/c1-19-30(42-18-35-19)16-41-28-4-3-22-13-36(6-5-21(22)10-28)15-27(39)12-32-31(40)29-11-25(33-17-34-29)7-23-8-26-9-24(23)14-37(26)20(2)38/h3-4,10-11,17-18,23-24,26-27,39H,5-9,12-16H2,1-2H3,(H,32,40)/t23?,24?,26?,27-/m0/s1. The van der Waals surface area contributed by atoms with E-state index >= 15 is 0 Å². The first-order valence-corrected chi connectivity index (χ1v) is 14.7. The van der Waals surface area contributed by atoms with E-state index in [-0.39, 0.29) is 18.4 Å². The van der Waals surface area contributed by atoms with E-state index in [1.54, 1.807) is 13.0 Å². The minimum atomic E-state index is -0.706. The summed E-state index contributed by atoms with van der Waals surface area (Å²) in [5.74, 6) is 2.32. The van der Waals surface area contributed by atoms with Gasteiger partial charge in [-0.3, -0.25) is 14.5 Å². The van der Waals surface area contributed by atoms with E-state index < -0.39 is 6.10 Å². The van der Waals surface area contributed by atoms with Crippen molar-refractivity contribution in [1.82, 2.24) is 30.1 Å². The van der Waals surface area contributed by atoms with E-state index in [9.17, 15) is 14.7 Å². The van der Waals surface area contributed by atoms with Crippen LogP contribution in [0, 0.1) is 18.8 Å². The molecule has 3 aromatic rings. The third-order valence-electron chi connectivity index (χ3n) is 8.97. The molecule has 2 amide bonds. The summed E-state index contributed by atoms with van der Waals surface area (Å²) in [5.41, 5.74) is 4.43. The Labute approximate surface area is 245 Å². The van der Waals surface area contributed by atoms with Gasteiger partial charge in [0.15, 0.2) is 12.2 Å². The van der Waals surface area contributed by atoms with Crippen LogP contribution in [0.15, 0.2) is 41.4 Å². The quantitative estimate of drug-likeness (QED) is 0.374. The zero-order valence-corrected chi connectivity index (χ0v) is 24.2. The van der Waals surface area contributed by atoms with Crippen LogP contribution in [0.1, 0.15) is 58.5 Å². The maximum atomic E-state index is 12.8. The number of β-amino-alcohol motifs (C(OH)–C–C–N with tert-alkyl or cyclic N) is 1. The predicted octanol–water partition coefficient (Wildman–Crippen LogP) is 2.30. The molecule has 0 spiro atoms. The normalized spacial score (nSPS) is 22.2. The first-order valence-electron chi connectivity index (χ1n) is 14.7. The van der Waals surface area contributed by atoms with Gasteiger partial charge >= 0.3 is 0 Å². The molecule has 0 radical (unpaired) electrons. The van der Waals surface area contributed by atoms with Gasteiger partial charge in [0.25, 0.3) is 5.91 Å². The summed E-state index contributed by atoms with van der Waals surface area (Å²) in [7, 11) is 0. The van der Waals surface area contributed by atoms with Crippen molar-refractivity contribution in [1.29, 1.82) is 0 Å². The summed E-state index contributed by atoms with van der Waals surface area (Å²) in [4.78, 5) is 41.5. The van der Waals surface area contributed by atoms with Crippen LogP contribution in [0.3, 0.4) is 0 Å². The molecule has 2 aliphatic heterocycles. The number of amides is 2. The fourth-order valence-electron chi connectivity index (χ4n) is 6.71. The molecule has 3 aliphatic rings. The summed E-state index contributed by atoms with van der Waals surface area (Å²) in [6, 6.07) is 8.19. The Morgan fingerprint density at radius 3 is 2.83 bits per heavy atom. The van der Waals surface area contributed by atoms with Crippen LogP contribution >= 0.6 is 0 Å². The largest absolute Gasteiger partial charge is 0.486 e. The average molecular weight is 575 g/mol. The van der Waals surface area contributed by atoms with Crippen LogP contribution in [-0.2, 0) is 30.8 Å². The van der Waals surface area contributed by atoms with Crippen molar-refractivity contribution in [3.8, 4) is 5.75 Å². The van der Waals surface area contributed by atoms with Gasteiger partial charge in [-0.15, -0.1) is 0 Å². The molecule has 2 aromatic heterocycles. The van der Waals surface area contributed by atoms with Gasteiger partial charge in [-0.1, -0.05) is 6.07 Å². The number of rotatable bonds is 10. The number of piperidine rings is 1. The van der Waals surface area contributed by atoms with E-state index in [2.05, 4.69) is 37.3 Å². The predicted molar refractivity (Wildman–Crippen MR) is 152 cm³/mol. The molecular formula is C31H38N6O5. The number of nitrogens with zero attached hydrogens (tertiary/aromatic N) is 5. The lowest BCUT2D eigenvalue weighted by atomic mass is 9.90. The molecular weight excluding hydrogens is 536 g/mol. The molecule has 1 saturated carbocycles. The number of oxazole rings is 1. The zero-order valence-electron chi connectivity index (χ0n) is 24.2. The lowest BCUT2D eigenvalue weighted by Crippen LogP contribution is -2.42. The molecule has 4 heterocycles. The Morgan fingerprint density at radius 1 is 1.19 bits per heavy atom. The Hall–Kier alpha value is -3.83. The second-order valence-corrected chi connectivity index (χ2v) is 11.8. The van der Waals surface area contributed by atoms with Gasteiger partial charge in [0, 0.05) is 51.4 Å². The summed E-state index contributed by atoms with van der Waals surface area (Å²) < 4.78 is 11.2. The molecule has 42 heavy (non-hydrogen) atoms. The van der Waals surface area contributed by atoms with Gasteiger partial charge in [0.05, 0.1) is 11.8 Å². The van der Waals surface area contributed by atoms with Crippen LogP contribution in [0.25, 0.3) is 0 Å². The molecule has 11 nitrogen and oxygen atoms in total. The third kappa shape index (κ3) is 6.32. The summed E-state index contributed by atoms with van der Waals surface area (Å²) in [6.45, 7) is 6.83. The second-order valence-electron chi connectivity index (χ2n) is 11.8. The van der Waals surface area contributed by atoms with Crippen molar-refractivity contribution in [2.45, 2.75) is 64.8 Å². The number of nitrogens with one attached hydrogen (secondary N) is 1. The van der Waals surface area contributed by atoms with Gasteiger partial charge in [-0.25, -0.2) is 15.0 Å². The van der Waals surface area contributed by atoms with Crippen molar-refractivity contribution < 1.29 is 23.8 Å². The third-order valence-corrected chi connectivity index (χ3v) is 8.97. The van der Waals surface area contributed by atoms with Crippen molar-refractivity contribution in [2.24, 2.45) is 11.8 Å². The smallest absolute Gasteiger partial charge is 0.270 e. The SMILES string of the molecule is CC(=O)N1CC2CC1CC2Cc1cc(C(=O)NC[C@H](O)CN2CCc3cc(OCc4ocnc4C)ccc3C2)ncn1. The number of carbonyl (C=O) groups excluding carboxylic acids is 2. The number of aliphatic hydroxyl groups is 1. The van der Waals surface area contributed by atoms with Gasteiger partial charge in [0.1, 0.15) is 24.4 Å². The number of benzene rings is 1. The number of fused-ring (bicyclic) bond motifs is 3. The van der Waals surface area contributed by atoms with Crippen molar-refractivity contribution in [2.75, 3.05) is 26.2 Å². The van der Waals surface area contributed by atoms with Crippen molar-refractivity contribution >= 4 is 11.8 Å². The maximum absolute atomic E-state index is 12.8. The zero-order chi connectivity index (χ0) is 29.2. The Kier molecular flexibility index (Phi) is 8.21. The number of hydrogen-bond donors (Lipinski definition) is 2. The molecule has 222 valence electrons. The van der Waals surface area contributed by atoms with Crippen LogP contribution in [0.2, 0.25) is 0 Å². The maximum Gasteiger partial charge on any atom is 0.270 e. The molecule has 11 heteroatoms. The fraction of sp³-hybridized carbons (Fsp3) is 0.516. The number of ether oxygens (including phenoxy) is 1. The molecule has 3 unspecified atom stereocenters. The number of likely N-dealkylation sites (tertiary alicyclic amines) is 1. The summed E-state index contributed by atoms with van der Waals surface area (Å²) >= 11 is 0. The van der Waals surface area contributed by atoms with Crippen molar-refractivity contribution in [3.05, 3.63) is 71.0 Å². The Morgan fingerprint density at radius 2 is 2.07 bits per heavy atom. The molecule has 1 aromatic carbocycles. The highest BCUT2D eigenvalue weighted by Crippen LogP contribution is 2.43. The van der Waals surface area contributed by atoms with Gasteiger partial charge in [0.2, 0.25) is 5.91 Å². The molecule has 4 atom stereocenters. The van der Waals surface area contributed by atoms with E-state index in [0.29, 0.717) is 36.7 Å². The Bertz CT molecular complexity index is 1440. The molecule has 2 bridgehead atoms. The van der Waals surface area contributed by atoms with E-state index in [1.165, 1.54) is 23.8 Å². The van der Waals surface area contributed by atoms with Crippen molar-refractivity contribution in [3.63, 3.8) is 0 Å². The summed E-state index contributed by atoms with van der Waals surface area (Å²) in [6.07, 6.45) is 5.84. The highest BCUT2D eigenvalue weighted by molar-refractivity contribution is 5.92. The topological polar surface area (TPSA) is 134 Å². The van der Waals surface area contributed by atoms with Gasteiger partial charge in [-0.05, 0) is 73.8 Å². The molecule has 2 N–H and O–H groups in total. The average Bonchev–Trinajstić information content (AvgIpc) is 3.71. The van der Waals surface area contributed by atoms with Crippen LogP contribution in [0.5, 0.6) is 5.75 Å². The molecule has 6 rings (SSSR count). The first kappa shape index (κ1) is 28.3. The van der Waals surface area contributed by atoms with E-state index in [1.807, 2.05) is 17.9 Å². The van der Waals surface area contributed by atoms with Crippen LogP contribution < -0.4 is 10.1 Å². The number of aromatic nitrogens is 3. The number of carbonyl (C=O) groups is 2. The highest BCUT2D eigenvalue weighted by atomic mass is 16.5. The molecule has 1 aliphatic carbocycles. The first-order chi connectivity index (χ1) is 20.3. The molecule has 1 saturated heterocycles. The summed E-state index contributed by atoms with van der Waals surface area (Å²) in [5, 5.41) is 13.5. The highest BCUT2D eigenvalue weighted by Gasteiger charge is 2.45. The second kappa shape index (κ2) is 12.2. The Balaban J connectivity index is 0.951. The van der Waals surface area contributed by atoms with Crippen LogP contribution in [0.4, 0.5) is 0 Å². The van der Waals surface area contributed by atoms with Gasteiger partial charge < -0.3 is 24.5 Å². The number of aryl methyl sites for hydroxylation is 1.